The molecule has 2 aromatic rings. The van der Waals surface area contributed by atoms with Crippen LogP contribution in [-0.4, -0.2) is 44.8 Å². The second kappa shape index (κ2) is 11.2. The van der Waals surface area contributed by atoms with Gasteiger partial charge in [-0.2, -0.15) is 0 Å². The molecule has 8 nitrogen and oxygen atoms in total. The Morgan fingerprint density at radius 1 is 1.11 bits per heavy atom. The third-order valence-corrected chi connectivity index (χ3v) is 6.40. The summed E-state index contributed by atoms with van der Waals surface area (Å²) in [7, 11) is 3.18. The molecule has 2 aromatic carbocycles. The molecular weight excluding hydrogens is 448 g/mol. The molecule has 1 aliphatic heterocycles. The van der Waals surface area contributed by atoms with Crippen molar-refractivity contribution in [1.82, 2.24) is 10.6 Å². The Labute approximate surface area is 205 Å². The van der Waals surface area contributed by atoms with Crippen LogP contribution in [0.1, 0.15) is 37.3 Å². The van der Waals surface area contributed by atoms with E-state index in [4.69, 9.17) is 18.9 Å². The van der Waals surface area contributed by atoms with Gasteiger partial charge in [0.15, 0.2) is 17.3 Å². The standard InChI is InChI=1S/C27H32N2O6/c1-4-34-23-11-9-17(13-24(23)33-3)16-28-26(30)19-10-12-22-20(14-19)29-27(31)25(35-22)15-18-7-5-6-8-21(18)32-2/h5-9,11,13,15,19-20,22H,4,10,12,14,16H2,1-3H3,(H,28,30)(H,29,31)/b25-15-. The fourth-order valence-electron chi connectivity index (χ4n) is 4.59. The van der Waals surface area contributed by atoms with Crippen molar-refractivity contribution in [2.75, 3.05) is 20.8 Å². The topological polar surface area (TPSA) is 95.1 Å². The number of carbonyl (C=O) groups is 2. The first-order valence-electron chi connectivity index (χ1n) is 11.9. The Bertz CT molecular complexity index is 1100. The van der Waals surface area contributed by atoms with Crippen molar-refractivity contribution < 1.29 is 28.5 Å². The van der Waals surface area contributed by atoms with Crippen LogP contribution in [0, 0.1) is 5.92 Å². The third kappa shape index (κ3) is 5.70. The predicted octanol–water partition coefficient (Wildman–Crippen LogP) is 3.44. The van der Waals surface area contributed by atoms with E-state index < -0.39 is 0 Å². The molecule has 1 saturated carbocycles. The first kappa shape index (κ1) is 24.4. The number of rotatable bonds is 8. The molecule has 3 unspecified atom stereocenters. The zero-order valence-electron chi connectivity index (χ0n) is 20.3. The molecule has 2 fully saturated rings. The lowest BCUT2D eigenvalue weighted by Crippen LogP contribution is -2.54. The van der Waals surface area contributed by atoms with Gasteiger partial charge in [0.05, 0.1) is 26.9 Å². The van der Waals surface area contributed by atoms with E-state index in [0.29, 0.717) is 49.7 Å². The molecule has 0 bridgehead atoms. The Morgan fingerprint density at radius 3 is 2.69 bits per heavy atom. The molecule has 0 radical (unpaired) electrons. The predicted molar refractivity (Wildman–Crippen MR) is 131 cm³/mol. The van der Waals surface area contributed by atoms with Gasteiger partial charge < -0.3 is 29.6 Å². The van der Waals surface area contributed by atoms with Gasteiger partial charge in [-0.1, -0.05) is 24.3 Å². The number of hydrogen-bond donors (Lipinski definition) is 2. The molecule has 4 rings (SSSR count). The minimum absolute atomic E-state index is 0.0269. The number of benzene rings is 2. The van der Waals surface area contributed by atoms with Crippen LogP contribution >= 0.6 is 0 Å². The molecule has 35 heavy (non-hydrogen) atoms. The van der Waals surface area contributed by atoms with Crippen molar-refractivity contribution in [2.45, 2.75) is 44.9 Å². The monoisotopic (exact) mass is 480 g/mol. The number of carbonyl (C=O) groups excluding carboxylic acids is 2. The molecule has 186 valence electrons. The van der Waals surface area contributed by atoms with Gasteiger partial charge in [-0.25, -0.2) is 0 Å². The summed E-state index contributed by atoms with van der Waals surface area (Å²) in [5.41, 5.74) is 1.70. The average Bonchev–Trinajstić information content (AvgIpc) is 2.88. The van der Waals surface area contributed by atoms with Crippen LogP contribution in [-0.2, 0) is 20.9 Å². The van der Waals surface area contributed by atoms with Crippen molar-refractivity contribution in [2.24, 2.45) is 5.92 Å². The number of fused-ring (bicyclic) bond motifs is 1. The summed E-state index contributed by atoms with van der Waals surface area (Å²) in [6.45, 7) is 2.86. The SMILES string of the molecule is CCOc1ccc(CNC(=O)C2CCC3O/C(=C\c4ccccc4OC)C(=O)NC3C2)cc1OC. The molecule has 1 heterocycles. The van der Waals surface area contributed by atoms with Crippen LogP contribution in [0.5, 0.6) is 17.2 Å². The highest BCUT2D eigenvalue weighted by Gasteiger charge is 2.40. The minimum Gasteiger partial charge on any atom is -0.496 e. The number of amides is 2. The molecule has 1 aliphatic carbocycles. The van der Waals surface area contributed by atoms with Crippen molar-refractivity contribution in [1.29, 1.82) is 0 Å². The van der Waals surface area contributed by atoms with E-state index in [1.54, 1.807) is 20.3 Å². The lowest BCUT2D eigenvalue weighted by molar-refractivity contribution is -0.134. The third-order valence-electron chi connectivity index (χ3n) is 6.40. The number of methoxy groups -OCH3 is 2. The van der Waals surface area contributed by atoms with E-state index in [1.165, 1.54) is 0 Å². The van der Waals surface area contributed by atoms with Gasteiger partial charge in [-0.15, -0.1) is 0 Å². The Morgan fingerprint density at radius 2 is 1.91 bits per heavy atom. The van der Waals surface area contributed by atoms with Gasteiger partial charge in [0.1, 0.15) is 11.9 Å². The smallest absolute Gasteiger partial charge is 0.286 e. The number of nitrogens with one attached hydrogen (secondary N) is 2. The highest BCUT2D eigenvalue weighted by Crippen LogP contribution is 2.33. The van der Waals surface area contributed by atoms with Gasteiger partial charge in [0, 0.05) is 18.0 Å². The molecule has 2 aliphatic rings. The lowest BCUT2D eigenvalue weighted by atomic mass is 9.82. The Kier molecular flexibility index (Phi) is 7.80. The van der Waals surface area contributed by atoms with E-state index in [-0.39, 0.29) is 35.6 Å². The summed E-state index contributed by atoms with van der Waals surface area (Å²) < 4.78 is 22.4. The average molecular weight is 481 g/mol. The second-order valence-corrected chi connectivity index (χ2v) is 8.63. The molecule has 2 N–H and O–H groups in total. The van der Waals surface area contributed by atoms with Crippen molar-refractivity contribution in [3.63, 3.8) is 0 Å². The van der Waals surface area contributed by atoms with Crippen LogP contribution in [0.25, 0.3) is 6.08 Å². The van der Waals surface area contributed by atoms with E-state index >= 15 is 0 Å². The maximum Gasteiger partial charge on any atom is 0.286 e. The maximum atomic E-state index is 12.9. The zero-order valence-corrected chi connectivity index (χ0v) is 20.3. The number of hydrogen-bond acceptors (Lipinski definition) is 6. The first-order valence-corrected chi connectivity index (χ1v) is 11.9. The zero-order chi connectivity index (χ0) is 24.8. The molecule has 1 saturated heterocycles. The van der Waals surface area contributed by atoms with Gasteiger partial charge >= 0.3 is 0 Å². The van der Waals surface area contributed by atoms with Gasteiger partial charge in [-0.05, 0) is 56.0 Å². The van der Waals surface area contributed by atoms with Crippen LogP contribution < -0.4 is 24.8 Å². The van der Waals surface area contributed by atoms with E-state index in [9.17, 15) is 9.59 Å². The van der Waals surface area contributed by atoms with Crippen LogP contribution in [0.15, 0.2) is 48.2 Å². The lowest BCUT2D eigenvalue weighted by Gasteiger charge is -2.39. The summed E-state index contributed by atoms with van der Waals surface area (Å²) in [6.07, 6.45) is 3.46. The molecule has 2 amide bonds. The highest BCUT2D eigenvalue weighted by molar-refractivity contribution is 5.97. The van der Waals surface area contributed by atoms with E-state index in [2.05, 4.69) is 10.6 Å². The molecule has 0 aromatic heterocycles. The van der Waals surface area contributed by atoms with Crippen molar-refractivity contribution in [3.05, 3.63) is 59.4 Å². The molecule has 0 spiro atoms. The quantitative estimate of drug-likeness (QED) is 0.562. The summed E-state index contributed by atoms with van der Waals surface area (Å²) in [5.74, 6) is 1.76. The highest BCUT2D eigenvalue weighted by atomic mass is 16.5. The van der Waals surface area contributed by atoms with Gasteiger partial charge in [-0.3, -0.25) is 9.59 Å². The number of morpholine rings is 1. The first-order chi connectivity index (χ1) is 17.0. The molecular formula is C27H32N2O6. The summed E-state index contributed by atoms with van der Waals surface area (Å²) in [6, 6.07) is 12.9. The van der Waals surface area contributed by atoms with Crippen molar-refractivity contribution in [3.8, 4) is 17.2 Å². The Balaban J connectivity index is 1.34. The minimum atomic E-state index is -0.278. The molecule has 3 atom stereocenters. The second-order valence-electron chi connectivity index (χ2n) is 8.63. The Hall–Kier alpha value is -3.68. The number of ether oxygens (including phenoxy) is 4. The summed E-state index contributed by atoms with van der Waals surface area (Å²) >= 11 is 0. The van der Waals surface area contributed by atoms with Crippen LogP contribution in [0.3, 0.4) is 0 Å². The van der Waals surface area contributed by atoms with Gasteiger partial charge in [0.25, 0.3) is 5.91 Å². The maximum absolute atomic E-state index is 12.9. The van der Waals surface area contributed by atoms with Gasteiger partial charge in [0.2, 0.25) is 5.91 Å². The molecule has 8 heteroatoms. The summed E-state index contributed by atoms with van der Waals surface area (Å²) in [4.78, 5) is 25.6. The normalized spacial score (nSPS) is 22.4. The van der Waals surface area contributed by atoms with Crippen molar-refractivity contribution >= 4 is 17.9 Å². The van der Waals surface area contributed by atoms with E-state index in [0.717, 1.165) is 11.1 Å². The largest absolute Gasteiger partial charge is 0.496 e. The van der Waals surface area contributed by atoms with Crippen LogP contribution in [0.4, 0.5) is 0 Å². The summed E-state index contributed by atoms with van der Waals surface area (Å²) in [5, 5.41) is 6.05. The van der Waals surface area contributed by atoms with Crippen LogP contribution in [0.2, 0.25) is 0 Å². The van der Waals surface area contributed by atoms with E-state index in [1.807, 2.05) is 49.4 Å². The fourth-order valence-corrected chi connectivity index (χ4v) is 4.59. The fraction of sp³-hybridized carbons (Fsp3) is 0.407. The number of para-hydroxylation sites is 1.